The second-order valence-electron chi connectivity index (χ2n) is 6.39. The fourth-order valence-electron chi connectivity index (χ4n) is 3.82. The number of aliphatic hydroxyl groups excluding tert-OH is 1. The molecule has 1 amide bonds. The first-order valence-electron chi connectivity index (χ1n) is 8.18. The van der Waals surface area contributed by atoms with E-state index in [9.17, 15) is 4.79 Å². The number of rotatable bonds is 5. The monoisotopic (exact) mass is 307 g/mol. The van der Waals surface area contributed by atoms with E-state index in [4.69, 9.17) is 5.11 Å². The van der Waals surface area contributed by atoms with Gasteiger partial charge in [-0.15, -0.1) is 10.2 Å². The van der Waals surface area contributed by atoms with Crippen molar-refractivity contribution in [1.29, 1.82) is 0 Å². The van der Waals surface area contributed by atoms with Crippen LogP contribution in [0.4, 0.5) is 0 Å². The highest BCUT2D eigenvalue weighted by Crippen LogP contribution is 2.40. The van der Waals surface area contributed by atoms with Crippen molar-refractivity contribution in [1.82, 2.24) is 24.6 Å². The molecular weight excluding hydrogens is 282 g/mol. The summed E-state index contributed by atoms with van der Waals surface area (Å²) in [5.41, 5.74) is -0.246. The minimum atomic E-state index is -0.246. The van der Waals surface area contributed by atoms with E-state index in [2.05, 4.69) is 22.0 Å². The molecule has 1 unspecified atom stereocenters. The molecule has 1 atom stereocenters. The first-order chi connectivity index (χ1) is 10.7. The van der Waals surface area contributed by atoms with Gasteiger partial charge in [0.15, 0.2) is 0 Å². The van der Waals surface area contributed by atoms with Gasteiger partial charge >= 0.3 is 0 Å². The number of hydrogen-bond donors (Lipinski definition) is 1. The molecule has 2 fully saturated rings. The molecule has 0 aliphatic carbocycles. The summed E-state index contributed by atoms with van der Waals surface area (Å²) in [7, 11) is 0. The number of amides is 1. The molecule has 1 spiro atoms. The molecule has 0 aromatic carbocycles. The second-order valence-corrected chi connectivity index (χ2v) is 6.39. The molecule has 1 aromatic heterocycles. The third-order valence-corrected chi connectivity index (χ3v) is 5.03. The third-order valence-electron chi connectivity index (χ3n) is 5.03. The second kappa shape index (κ2) is 6.34. The van der Waals surface area contributed by atoms with Gasteiger partial charge in [-0.3, -0.25) is 9.69 Å². The van der Waals surface area contributed by atoms with E-state index in [1.54, 1.807) is 6.33 Å². The van der Waals surface area contributed by atoms with Crippen LogP contribution in [0.3, 0.4) is 0 Å². The Kier molecular flexibility index (Phi) is 4.44. The van der Waals surface area contributed by atoms with Crippen LogP contribution >= 0.6 is 0 Å². The number of hydrogen-bond acceptors (Lipinski definition) is 5. The number of likely N-dealkylation sites (tertiary alicyclic amines) is 2. The maximum Gasteiger partial charge on any atom is 0.230 e. The van der Waals surface area contributed by atoms with E-state index in [1.165, 1.54) is 0 Å². The first kappa shape index (κ1) is 15.4. The van der Waals surface area contributed by atoms with Crippen molar-refractivity contribution in [3.63, 3.8) is 0 Å². The van der Waals surface area contributed by atoms with E-state index in [1.807, 2.05) is 9.47 Å². The highest BCUT2D eigenvalue weighted by molar-refractivity contribution is 5.84. The summed E-state index contributed by atoms with van der Waals surface area (Å²) in [5.74, 6) is 1.20. The van der Waals surface area contributed by atoms with Crippen molar-refractivity contribution >= 4 is 5.91 Å². The van der Waals surface area contributed by atoms with Gasteiger partial charge in [-0.05, 0) is 32.7 Å². The molecule has 7 nitrogen and oxygen atoms in total. The highest BCUT2D eigenvalue weighted by atomic mass is 16.3. The molecule has 0 radical (unpaired) electrons. The van der Waals surface area contributed by atoms with E-state index < -0.39 is 0 Å². The van der Waals surface area contributed by atoms with Crippen LogP contribution in [0.5, 0.6) is 0 Å². The lowest BCUT2D eigenvalue weighted by Crippen LogP contribution is -2.50. The normalized spacial score (nSPS) is 26.3. The number of β-amino-alcohol motifs (C(OH)–C–C–N with tert-alkyl or cyclic N) is 1. The third kappa shape index (κ3) is 2.75. The Labute approximate surface area is 130 Å². The van der Waals surface area contributed by atoms with Gasteiger partial charge in [0.2, 0.25) is 5.91 Å². The first-order valence-corrected chi connectivity index (χ1v) is 8.18. The molecular formula is C15H25N5O2. The molecule has 2 aliphatic rings. The van der Waals surface area contributed by atoms with E-state index >= 15 is 0 Å². The maximum absolute atomic E-state index is 12.8. The van der Waals surface area contributed by atoms with Gasteiger partial charge in [-0.2, -0.15) is 0 Å². The molecule has 3 rings (SSSR count). The van der Waals surface area contributed by atoms with Crippen LogP contribution in [0.25, 0.3) is 0 Å². The van der Waals surface area contributed by atoms with Gasteiger partial charge in [0.05, 0.1) is 18.6 Å². The van der Waals surface area contributed by atoms with Crippen LogP contribution in [-0.4, -0.2) is 68.4 Å². The molecule has 7 heteroatoms. The number of nitrogens with zero attached hydrogens (tertiary/aromatic N) is 5. The molecule has 2 aliphatic heterocycles. The Morgan fingerprint density at radius 3 is 3.00 bits per heavy atom. The Hall–Kier alpha value is -1.47. The van der Waals surface area contributed by atoms with Crippen LogP contribution in [0.1, 0.15) is 32.0 Å². The van der Waals surface area contributed by atoms with Crippen LogP contribution in [0.2, 0.25) is 0 Å². The average molecular weight is 307 g/mol. The van der Waals surface area contributed by atoms with Crippen LogP contribution in [0.15, 0.2) is 6.33 Å². The zero-order chi connectivity index (χ0) is 15.6. The number of aliphatic hydroxyl groups is 1. The number of carbonyl (C=O) groups is 1. The molecule has 1 N–H and O–H groups in total. The van der Waals surface area contributed by atoms with Crippen molar-refractivity contribution < 1.29 is 9.90 Å². The molecule has 1 aromatic rings. The number of carbonyl (C=O) groups excluding carboxylic acids is 1. The zero-order valence-electron chi connectivity index (χ0n) is 13.2. The van der Waals surface area contributed by atoms with Crippen LogP contribution < -0.4 is 0 Å². The predicted molar refractivity (Wildman–Crippen MR) is 80.9 cm³/mol. The number of aromatic nitrogens is 3. The van der Waals surface area contributed by atoms with Gasteiger partial charge in [-0.25, -0.2) is 0 Å². The topological polar surface area (TPSA) is 74.5 Å². The summed E-state index contributed by atoms with van der Waals surface area (Å²) in [6.07, 6.45) is 4.67. The Morgan fingerprint density at radius 1 is 1.36 bits per heavy atom. The lowest BCUT2D eigenvalue weighted by Gasteiger charge is -2.39. The number of aryl methyl sites for hydroxylation is 1. The predicted octanol–water partition coefficient (Wildman–Crippen LogP) is 0.105. The molecule has 122 valence electrons. The van der Waals surface area contributed by atoms with Gasteiger partial charge in [0, 0.05) is 26.2 Å². The van der Waals surface area contributed by atoms with E-state index in [-0.39, 0.29) is 17.9 Å². The summed E-state index contributed by atoms with van der Waals surface area (Å²) in [6, 6.07) is 0. The van der Waals surface area contributed by atoms with Crippen molar-refractivity contribution in [2.24, 2.45) is 5.41 Å². The Morgan fingerprint density at radius 2 is 2.23 bits per heavy atom. The Bertz CT molecular complexity index is 530. The minimum Gasteiger partial charge on any atom is -0.395 e. The smallest absolute Gasteiger partial charge is 0.230 e. The molecule has 3 heterocycles. The zero-order valence-corrected chi connectivity index (χ0v) is 13.2. The fourth-order valence-corrected chi connectivity index (χ4v) is 3.82. The standard InChI is InChI=1S/C15H25N5O2/c1-2-19-12-16-17-13(19)10-18-7-5-15(11-18)4-3-6-20(8-9-21)14(15)22/h12,21H,2-11H2,1H3. The molecule has 22 heavy (non-hydrogen) atoms. The van der Waals surface area contributed by atoms with Crippen molar-refractivity contribution in [3.05, 3.63) is 12.2 Å². The summed E-state index contributed by atoms with van der Waals surface area (Å²) >= 11 is 0. The quantitative estimate of drug-likeness (QED) is 0.835. The lowest BCUT2D eigenvalue weighted by atomic mass is 9.78. The van der Waals surface area contributed by atoms with Crippen molar-refractivity contribution in [3.8, 4) is 0 Å². The largest absolute Gasteiger partial charge is 0.395 e. The molecule has 2 saturated heterocycles. The van der Waals surface area contributed by atoms with Crippen molar-refractivity contribution in [2.45, 2.75) is 39.3 Å². The van der Waals surface area contributed by atoms with Crippen LogP contribution in [-0.2, 0) is 17.9 Å². The van der Waals surface area contributed by atoms with Gasteiger partial charge < -0.3 is 14.6 Å². The van der Waals surface area contributed by atoms with Gasteiger partial charge in [-0.1, -0.05) is 0 Å². The summed E-state index contributed by atoms with van der Waals surface area (Å²) in [6.45, 7) is 6.71. The van der Waals surface area contributed by atoms with E-state index in [0.29, 0.717) is 6.54 Å². The summed E-state index contributed by atoms with van der Waals surface area (Å²) in [4.78, 5) is 16.9. The van der Waals surface area contributed by atoms with Gasteiger partial charge in [0.25, 0.3) is 0 Å². The minimum absolute atomic E-state index is 0.0468. The summed E-state index contributed by atoms with van der Waals surface area (Å²) < 4.78 is 2.05. The molecule has 0 saturated carbocycles. The highest BCUT2D eigenvalue weighted by Gasteiger charge is 2.48. The summed E-state index contributed by atoms with van der Waals surface area (Å²) in [5, 5.41) is 17.3. The van der Waals surface area contributed by atoms with Gasteiger partial charge in [0.1, 0.15) is 12.2 Å². The SMILES string of the molecule is CCn1cnnc1CN1CCC2(CCCN(CCO)C2=O)C1. The maximum atomic E-state index is 12.8. The Balaban J connectivity index is 1.67. The molecule has 0 bridgehead atoms. The average Bonchev–Trinajstić information content (AvgIpc) is 3.13. The van der Waals surface area contributed by atoms with Crippen molar-refractivity contribution in [2.75, 3.05) is 32.8 Å². The van der Waals surface area contributed by atoms with E-state index in [0.717, 1.165) is 57.8 Å². The number of piperidine rings is 1. The van der Waals surface area contributed by atoms with Crippen LogP contribution in [0, 0.1) is 5.41 Å². The fraction of sp³-hybridized carbons (Fsp3) is 0.800. The lowest BCUT2D eigenvalue weighted by molar-refractivity contribution is -0.146.